The van der Waals surface area contributed by atoms with Crippen LogP contribution in [0.3, 0.4) is 0 Å². The molecule has 1 saturated heterocycles. The molecule has 0 saturated carbocycles. The van der Waals surface area contributed by atoms with Crippen LogP contribution in [0.25, 0.3) is 17.1 Å². The van der Waals surface area contributed by atoms with Gasteiger partial charge in [0.15, 0.2) is 11.6 Å². The number of carbonyl (C=O) groups excluding carboxylic acids is 1. The van der Waals surface area contributed by atoms with Crippen molar-refractivity contribution in [2.24, 2.45) is 5.92 Å². The Morgan fingerprint density at radius 1 is 1.08 bits per heavy atom. The Bertz CT molecular complexity index is 1390. The van der Waals surface area contributed by atoms with Crippen LogP contribution in [0.1, 0.15) is 12.8 Å². The lowest BCUT2D eigenvalue weighted by Crippen LogP contribution is -2.44. The summed E-state index contributed by atoms with van der Waals surface area (Å²) >= 11 is 0. The molecule has 12 heteroatoms. The van der Waals surface area contributed by atoms with E-state index in [-0.39, 0.29) is 23.9 Å². The summed E-state index contributed by atoms with van der Waals surface area (Å²) < 4.78 is 8.11. The number of hydrogen-bond donors (Lipinski definition) is 1. The number of amides is 1. The van der Waals surface area contributed by atoms with E-state index in [9.17, 15) is 9.59 Å². The maximum absolute atomic E-state index is 12.9. The van der Waals surface area contributed by atoms with Gasteiger partial charge in [-0.1, -0.05) is 0 Å². The highest BCUT2D eigenvalue weighted by Gasteiger charge is 2.26. The molecular formula is C25H27N9O3. The Morgan fingerprint density at radius 3 is 2.62 bits per heavy atom. The van der Waals surface area contributed by atoms with Crippen molar-refractivity contribution in [3.05, 3.63) is 71.5 Å². The van der Waals surface area contributed by atoms with Gasteiger partial charge in [0.2, 0.25) is 5.91 Å². The Labute approximate surface area is 212 Å². The highest BCUT2D eigenvalue weighted by molar-refractivity contribution is 5.79. The maximum atomic E-state index is 12.9. The molecule has 1 aliphatic heterocycles. The summed E-state index contributed by atoms with van der Waals surface area (Å²) in [5, 5.41) is 20.0. The number of methoxy groups -OCH3 is 1. The number of aromatic nitrogens is 7. The molecule has 1 N–H and O–H groups in total. The SMILES string of the molecule is COc1ccc(-c2ccc(=O)n(CCNC(=O)C3CCCN(c4ccc(-n5cncn5)nn4)C3)n2)cc1. The molecule has 1 aliphatic rings. The first-order valence-electron chi connectivity index (χ1n) is 12.0. The van der Waals surface area contributed by atoms with E-state index in [2.05, 4.69) is 35.6 Å². The van der Waals surface area contributed by atoms with Crippen molar-refractivity contribution < 1.29 is 9.53 Å². The number of benzene rings is 1. The van der Waals surface area contributed by atoms with E-state index in [1.54, 1.807) is 19.5 Å². The number of nitrogens with zero attached hydrogens (tertiary/aromatic N) is 8. The number of nitrogens with one attached hydrogen (secondary N) is 1. The van der Waals surface area contributed by atoms with E-state index in [0.29, 0.717) is 30.4 Å². The monoisotopic (exact) mass is 501 g/mol. The second-order valence-corrected chi connectivity index (χ2v) is 8.67. The predicted molar refractivity (Wildman–Crippen MR) is 135 cm³/mol. The summed E-state index contributed by atoms with van der Waals surface area (Å²) in [7, 11) is 1.61. The number of hydrogen-bond acceptors (Lipinski definition) is 9. The van der Waals surface area contributed by atoms with Crippen LogP contribution in [0.4, 0.5) is 5.82 Å². The van der Waals surface area contributed by atoms with Gasteiger partial charge in [-0.15, -0.1) is 10.2 Å². The first kappa shape index (κ1) is 24.1. The number of piperidine rings is 1. The van der Waals surface area contributed by atoms with Gasteiger partial charge in [0.1, 0.15) is 18.4 Å². The molecular weight excluding hydrogens is 474 g/mol. The average molecular weight is 502 g/mol. The van der Waals surface area contributed by atoms with E-state index in [4.69, 9.17) is 4.74 Å². The van der Waals surface area contributed by atoms with Gasteiger partial charge in [-0.3, -0.25) is 9.59 Å². The molecule has 1 fully saturated rings. The minimum atomic E-state index is -0.219. The van der Waals surface area contributed by atoms with Crippen LogP contribution >= 0.6 is 0 Å². The average Bonchev–Trinajstić information content (AvgIpc) is 3.49. The molecule has 12 nitrogen and oxygen atoms in total. The van der Waals surface area contributed by atoms with Gasteiger partial charge in [-0.25, -0.2) is 14.3 Å². The quantitative estimate of drug-likeness (QED) is 0.379. The molecule has 0 bridgehead atoms. The van der Waals surface area contributed by atoms with E-state index < -0.39 is 0 Å². The highest BCUT2D eigenvalue weighted by Crippen LogP contribution is 2.22. The van der Waals surface area contributed by atoms with Gasteiger partial charge < -0.3 is 15.0 Å². The normalized spacial score (nSPS) is 15.4. The molecule has 1 aromatic carbocycles. The van der Waals surface area contributed by atoms with Crippen molar-refractivity contribution in [2.75, 3.05) is 31.6 Å². The third kappa shape index (κ3) is 5.63. The molecule has 1 amide bonds. The van der Waals surface area contributed by atoms with Gasteiger partial charge in [-0.2, -0.15) is 10.2 Å². The van der Waals surface area contributed by atoms with Crippen molar-refractivity contribution >= 4 is 11.7 Å². The fourth-order valence-corrected chi connectivity index (χ4v) is 4.29. The minimum Gasteiger partial charge on any atom is -0.497 e. The third-order valence-corrected chi connectivity index (χ3v) is 6.28. The standard InChI is InChI=1S/C25H27N9O3/c1-37-20-6-4-18(5-7-20)21-8-11-24(35)33(31-21)14-12-27-25(36)19-3-2-13-32(15-19)22-9-10-23(30-29-22)34-17-26-16-28-34/h4-11,16-17,19H,2-3,12-15H2,1H3,(H,27,36). The van der Waals surface area contributed by atoms with E-state index in [1.807, 2.05) is 36.4 Å². The second-order valence-electron chi connectivity index (χ2n) is 8.67. The van der Waals surface area contributed by atoms with Gasteiger partial charge >= 0.3 is 0 Å². The predicted octanol–water partition coefficient (Wildman–Crippen LogP) is 1.32. The van der Waals surface area contributed by atoms with Crippen molar-refractivity contribution in [3.63, 3.8) is 0 Å². The zero-order valence-electron chi connectivity index (χ0n) is 20.4. The van der Waals surface area contributed by atoms with Crippen LogP contribution in [0, 0.1) is 5.92 Å². The molecule has 190 valence electrons. The Morgan fingerprint density at radius 2 is 1.89 bits per heavy atom. The number of anilines is 1. The summed E-state index contributed by atoms with van der Waals surface area (Å²) in [5.41, 5.74) is 1.33. The van der Waals surface area contributed by atoms with Crippen LogP contribution in [0.2, 0.25) is 0 Å². The largest absolute Gasteiger partial charge is 0.497 e. The van der Waals surface area contributed by atoms with Crippen molar-refractivity contribution in [1.29, 1.82) is 0 Å². The summed E-state index contributed by atoms with van der Waals surface area (Å²) in [6.45, 7) is 1.94. The Kier molecular flexibility index (Phi) is 7.15. The van der Waals surface area contributed by atoms with Crippen LogP contribution < -0.4 is 20.5 Å². The first-order valence-corrected chi connectivity index (χ1v) is 12.0. The number of rotatable bonds is 8. The van der Waals surface area contributed by atoms with E-state index in [1.165, 1.54) is 21.8 Å². The third-order valence-electron chi connectivity index (χ3n) is 6.28. The lowest BCUT2D eigenvalue weighted by Gasteiger charge is -2.32. The zero-order valence-corrected chi connectivity index (χ0v) is 20.4. The van der Waals surface area contributed by atoms with Crippen LogP contribution in [0.5, 0.6) is 5.75 Å². The van der Waals surface area contributed by atoms with Gasteiger partial charge in [-0.05, 0) is 55.3 Å². The summed E-state index contributed by atoms with van der Waals surface area (Å²) in [6.07, 6.45) is 4.66. The number of carbonyl (C=O) groups is 1. The lowest BCUT2D eigenvalue weighted by molar-refractivity contribution is -0.125. The minimum absolute atomic E-state index is 0.0451. The molecule has 4 heterocycles. The van der Waals surface area contributed by atoms with Crippen molar-refractivity contribution in [2.45, 2.75) is 19.4 Å². The number of ether oxygens (including phenoxy) is 1. The maximum Gasteiger partial charge on any atom is 0.266 e. The van der Waals surface area contributed by atoms with Crippen LogP contribution in [0.15, 0.2) is 66.0 Å². The Balaban J connectivity index is 1.16. The topological polar surface area (TPSA) is 133 Å². The molecule has 0 spiro atoms. The lowest BCUT2D eigenvalue weighted by atomic mass is 9.97. The second kappa shape index (κ2) is 11.0. The first-order chi connectivity index (χ1) is 18.1. The van der Waals surface area contributed by atoms with Crippen LogP contribution in [-0.2, 0) is 11.3 Å². The van der Waals surface area contributed by atoms with Gasteiger partial charge in [0.05, 0.1) is 25.3 Å². The molecule has 3 aromatic heterocycles. The zero-order chi connectivity index (χ0) is 25.6. The molecule has 1 unspecified atom stereocenters. The van der Waals surface area contributed by atoms with Crippen molar-refractivity contribution in [3.8, 4) is 22.8 Å². The summed E-state index contributed by atoms with van der Waals surface area (Å²) in [5.74, 6) is 1.81. The van der Waals surface area contributed by atoms with Crippen LogP contribution in [-0.4, -0.2) is 67.4 Å². The molecule has 4 aromatic rings. The van der Waals surface area contributed by atoms with E-state index in [0.717, 1.165) is 30.7 Å². The summed E-state index contributed by atoms with van der Waals surface area (Å²) in [6, 6.07) is 14.3. The molecule has 5 rings (SSSR count). The molecule has 1 atom stereocenters. The Hall–Kier alpha value is -4.61. The smallest absolute Gasteiger partial charge is 0.266 e. The highest BCUT2D eigenvalue weighted by atomic mass is 16.5. The fourth-order valence-electron chi connectivity index (χ4n) is 4.29. The fraction of sp³-hybridized carbons (Fsp3) is 0.320. The van der Waals surface area contributed by atoms with Crippen molar-refractivity contribution in [1.82, 2.24) is 40.1 Å². The van der Waals surface area contributed by atoms with Gasteiger partial charge in [0, 0.05) is 31.3 Å². The molecule has 0 aliphatic carbocycles. The summed E-state index contributed by atoms with van der Waals surface area (Å²) in [4.78, 5) is 31.2. The van der Waals surface area contributed by atoms with Gasteiger partial charge in [0.25, 0.3) is 5.56 Å². The molecule has 0 radical (unpaired) electrons. The molecule has 37 heavy (non-hydrogen) atoms. The van der Waals surface area contributed by atoms with E-state index >= 15 is 0 Å².